The Bertz CT molecular complexity index is 885. The van der Waals surface area contributed by atoms with Crippen LogP contribution in [-0.2, 0) is 20.8 Å². The molecule has 0 bridgehead atoms. The van der Waals surface area contributed by atoms with Crippen LogP contribution < -0.4 is 0 Å². The lowest BCUT2D eigenvalue weighted by atomic mass is 9.96. The molecule has 136 valence electrons. The quantitative estimate of drug-likeness (QED) is 0.797. The molecule has 1 heterocycles. The molecule has 9 heteroatoms. The maximum Gasteiger partial charge on any atom is 0.416 e. The van der Waals surface area contributed by atoms with Gasteiger partial charge in [-0.15, -0.1) is 0 Å². The number of nitrogens with zero attached hydrogens (tertiary/aromatic N) is 1. The van der Waals surface area contributed by atoms with Gasteiger partial charge in [-0.25, -0.2) is 8.42 Å². The van der Waals surface area contributed by atoms with E-state index in [0.29, 0.717) is 17.4 Å². The van der Waals surface area contributed by atoms with Crippen LogP contribution >= 0.6 is 0 Å². The fourth-order valence-corrected chi connectivity index (χ4v) is 3.42. The number of sulfone groups is 1. The van der Waals surface area contributed by atoms with Gasteiger partial charge >= 0.3 is 6.18 Å². The van der Waals surface area contributed by atoms with E-state index in [4.69, 9.17) is 9.26 Å². The summed E-state index contributed by atoms with van der Waals surface area (Å²) in [6.45, 7) is 0. The van der Waals surface area contributed by atoms with E-state index in [-0.39, 0.29) is 11.5 Å². The first-order chi connectivity index (χ1) is 11.6. The third-order valence-corrected chi connectivity index (χ3v) is 5.24. The molecule has 1 aromatic heterocycles. The summed E-state index contributed by atoms with van der Waals surface area (Å²) in [5.74, 6) is 0.659. The summed E-state index contributed by atoms with van der Waals surface area (Å²) in [5.41, 5.74) is -0.791. The van der Waals surface area contributed by atoms with Crippen molar-refractivity contribution in [3.63, 3.8) is 0 Å². The van der Waals surface area contributed by atoms with Crippen LogP contribution in [0, 0.1) is 0 Å². The highest BCUT2D eigenvalue weighted by atomic mass is 32.2. The predicted octanol–water partition coefficient (Wildman–Crippen LogP) is 3.71. The lowest BCUT2D eigenvalue weighted by Crippen LogP contribution is -2.16. The highest BCUT2D eigenvalue weighted by molar-refractivity contribution is 7.90. The van der Waals surface area contributed by atoms with Crippen LogP contribution in [0.5, 0.6) is 0 Å². The van der Waals surface area contributed by atoms with Gasteiger partial charge in [-0.3, -0.25) is 0 Å². The van der Waals surface area contributed by atoms with E-state index < -0.39 is 32.6 Å². The zero-order chi connectivity index (χ0) is 18.4. The van der Waals surface area contributed by atoms with Gasteiger partial charge in [0.05, 0.1) is 16.7 Å². The van der Waals surface area contributed by atoms with E-state index in [2.05, 4.69) is 5.16 Å². The number of benzene rings is 1. The standard InChI is InChI=1S/C16H16F3NO4S/c1-23-15(12-8-20-24-14(12)9-3-4-9)11-6-5-10(25(2,21)22)7-13(11)16(17,18)19/h5-9,15H,3-4H2,1-2H3. The Morgan fingerprint density at radius 3 is 2.48 bits per heavy atom. The Hall–Kier alpha value is -1.87. The second-order valence-electron chi connectivity index (χ2n) is 6.05. The minimum atomic E-state index is -4.73. The van der Waals surface area contributed by atoms with E-state index >= 15 is 0 Å². The van der Waals surface area contributed by atoms with Gasteiger partial charge < -0.3 is 9.26 Å². The van der Waals surface area contributed by atoms with Crippen LogP contribution in [0.2, 0.25) is 0 Å². The molecule has 0 N–H and O–H groups in total. The number of hydrogen-bond donors (Lipinski definition) is 0. The Kier molecular flexibility index (Phi) is 4.40. The third-order valence-electron chi connectivity index (χ3n) is 4.13. The Morgan fingerprint density at radius 1 is 1.28 bits per heavy atom. The molecule has 1 atom stereocenters. The average molecular weight is 375 g/mol. The first-order valence-electron chi connectivity index (χ1n) is 7.51. The molecule has 3 rings (SSSR count). The van der Waals surface area contributed by atoms with Gasteiger partial charge in [0.25, 0.3) is 0 Å². The van der Waals surface area contributed by atoms with Crippen molar-refractivity contribution in [3.05, 3.63) is 46.8 Å². The van der Waals surface area contributed by atoms with Gasteiger partial charge in [0, 0.05) is 24.8 Å². The molecule has 0 amide bonds. The molecule has 1 fully saturated rings. The highest BCUT2D eigenvalue weighted by Gasteiger charge is 2.39. The third kappa shape index (κ3) is 3.57. The summed E-state index contributed by atoms with van der Waals surface area (Å²) in [6, 6.07) is 2.92. The minimum absolute atomic E-state index is 0.139. The lowest BCUT2D eigenvalue weighted by Gasteiger charge is -2.21. The highest BCUT2D eigenvalue weighted by Crippen LogP contribution is 2.46. The first-order valence-corrected chi connectivity index (χ1v) is 9.40. The van der Waals surface area contributed by atoms with Crippen LogP contribution in [0.1, 0.15) is 47.3 Å². The topological polar surface area (TPSA) is 69.4 Å². The lowest BCUT2D eigenvalue weighted by molar-refractivity contribution is -0.139. The Morgan fingerprint density at radius 2 is 1.96 bits per heavy atom. The average Bonchev–Trinajstić information content (AvgIpc) is 3.25. The van der Waals surface area contributed by atoms with Crippen molar-refractivity contribution in [3.8, 4) is 0 Å². The number of hydrogen-bond acceptors (Lipinski definition) is 5. The van der Waals surface area contributed by atoms with Gasteiger partial charge in [0.15, 0.2) is 9.84 Å². The molecule has 25 heavy (non-hydrogen) atoms. The summed E-state index contributed by atoms with van der Waals surface area (Å²) in [5, 5.41) is 3.69. The van der Waals surface area contributed by atoms with Crippen LogP contribution in [0.15, 0.2) is 33.8 Å². The van der Waals surface area contributed by atoms with E-state index in [1.807, 2.05) is 0 Å². The Balaban J connectivity index is 2.15. The smallest absolute Gasteiger partial charge is 0.372 e. The van der Waals surface area contributed by atoms with Crippen molar-refractivity contribution in [2.45, 2.75) is 35.9 Å². The van der Waals surface area contributed by atoms with E-state index in [1.165, 1.54) is 13.3 Å². The maximum absolute atomic E-state index is 13.5. The number of methoxy groups -OCH3 is 1. The molecule has 1 saturated carbocycles. The predicted molar refractivity (Wildman–Crippen MR) is 81.9 cm³/mol. The molecule has 5 nitrogen and oxygen atoms in total. The number of aromatic nitrogens is 1. The van der Waals surface area contributed by atoms with Crippen molar-refractivity contribution in [2.75, 3.05) is 13.4 Å². The molecule has 1 aliphatic rings. The summed E-state index contributed by atoms with van der Waals surface area (Å²) in [7, 11) is -2.48. The molecular formula is C16H16F3NO4S. The van der Waals surface area contributed by atoms with Crippen molar-refractivity contribution < 1.29 is 30.8 Å². The molecule has 0 saturated heterocycles. The van der Waals surface area contributed by atoms with E-state index in [0.717, 1.165) is 31.2 Å². The van der Waals surface area contributed by atoms with Gasteiger partial charge in [-0.2, -0.15) is 13.2 Å². The molecular weight excluding hydrogens is 359 g/mol. The largest absolute Gasteiger partial charge is 0.416 e. The summed E-state index contributed by atoms with van der Waals surface area (Å²) in [6.07, 6.45) is -1.79. The minimum Gasteiger partial charge on any atom is -0.372 e. The van der Waals surface area contributed by atoms with Crippen molar-refractivity contribution >= 4 is 9.84 Å². The zero-order valence-corrected chi connectivity index (χ0v) is 14.3. The molecule has 1 unspecified atom stereocenters. The van der Waals surface area contributed by atoms with Gasteiger partial charge in [-0.1, -0.05) is 11.2 Å². The summed E-state index contributed by atoms with van der Waals surface area (Å²) >= 11 is 0. The Labute approximate surface area is 142 Å². The molecule has 1 aliphatic carbocycles. The second-order valence-corrected chi connectivity index (χ2v) is 8.07. The summed E-state index contributed by atoms with van der Waals surface area (Å²) < 4.78 is 74.4. The molecule has 0 spiro atoms. The molecule has 0 radical (unpaired) electrons. The van der Waals surface area contributed by atoms with Crippen LogP contribution in [0.3, 0.4) is 0 Å². The monoisotopic (exact) mass is 375 g/mol. The SMILES string of the molecule is COC(c1ccc(S(C)(=O)=O)cc1C(F)(F)F)c1cnoc1C1CC1. The summed E-state index contributed by atoms with van der Waals surface area (Å²) in [4.78, 5) is -0.397. The van der Waals surface area contributed by atoms with Crippen molar-refractivity contribution in [1.82, 2.24) is 5.16 Å². The van der Waals surface area contributed by atoms with Crippen molar-refractivity contribution in [2.24, 2.45) is 0 Å². The normalized spacial score (nSPS) is 16.8. The number of rotatable bonds is 5. The van der Waals surface area contributed by atoms with Gasteiger partial charge in [0.2, 0.25) is 0 Å². The van der Waals surface area contributed by atoms with Gasteiger partial charge in [0.1, 0.15) is 11.9 Å². The van der Waals surface area contributed by atoms with Crippen LogP contribution in [-0.4, -0.2) is 26.9 Å². The van der Waals surface area contributed by atoms with Crippen LogP contribution in [0.4, 0.5) is 13.2 Å². The molecule has 0 aliphatic heterocycles. The van der Waals surface area contributed by atoms with E-state index in [1.54, 1.807) is 0 Å². The number of alkyl halides is 3. The molecule has 2 aromatic rings. The van der Waals surface area contributed by atoms with Crippen LogP contribution in [0.25, 0.3) is 0 Å². The fourth-order valence-electron chi connectivity index (χ4n) is 2.77. The first kappa shape index (κ1) is 17.9. The molecule has 1 aromatic carbocycles. The number of ether oxygens (including phenoxy) is 1. The van der Waals surface area contributed by atoms with Crippen molar-refractivity contribution in [1.29, 1.82) is 0 Å². The van der Waals surface area contributed by atoms with E-state index in [9.17, 15) is 21.6 Å². The number of halogens is 3. The fraction of sp³-hybridized carbons (Fsp3) is 0.438. The second kappa shape index (κ2) is 6.14. The zero-order valence-electron chi connectivity index (χ0n) is 13.5. The maximum atomic E-state index is 13.5. The van der Waals surface area contributed by atoms with Gasteiger partial charge in [-0.05, 0) is 30.5 Å².